The van der Waals surface area contributed by atoms with Crippen molar-refractivity contribution < 1.29 is 4.92 Å². The molecular weight excluding hydrogens is 276 g/mol. The van der Waals surface area contributed by atoms with Gasteiger partial charge in [0.1, 0.15) is 5.02 Å². The number of nitrogens with zero attached hydrogens (tertiary/aromatic N) is 2. The van der Waals surface area contributed by atoms with Gasteiger partial charge in [-0.25, -0.2) is 0 Å². The molecule has 4 nitrogen and oxygen atoms in total. The van der Waals surface area contributed by atoms with E-state index in [0.29, 0.717) is 0 Å². The molecule has 0 radical (unpaired) electrons. The van der Waals surface area contributed by atoms with Crippen molar-refractivity contribution in [2.24, 2.45) is 0 Å². The molecule has 0 spiro atoms. The van der Waals surface area contributed by atoms with E-state index in [4.69, 9.17) is 11.6 Å². The van der Waals surface area contributed by atoms with Gasteiger partial charge in [0.05, 0.1) is 10.4 Å². The maximum atomic E-state index is 11.1. The van der Waals surface area contributed by atoms with Crippen LogP contribution in [0, 0.1) is 10.1 Å². The van der Waals surface area contributed by atoms with Gasteiger partial charge in [-0.1, -0.05) is 29.8 Å². The van der Waals surface area contributed by atoms with E-state index < -0.39 is 4.92 Å². The minimum absolute atomic E-state index is 0.0502. The first kappa shape index (κ1) is 12.9. The molecule has 0 fully saturated rings. The summed E-state index contributed by atoms with van der Waals surface area (Å²) in [5, 5.41) is 13.1. The number of nitro benzene ring substituents is 1. The maximum Gasteiger partial charge on any atom is 0.288 e. The lowest BCUT2D eigenvalue weighted by Gasteiger charge is -2.11. The molecule has 0 aliphatic heterocycles. The van der Waals surface area contributed by atoms with Crippen molar-refractivity contribution in [2.75, 3.05) is 0 Å². The van der Waals surface area contributed by atoms with E-state index in [0.717, 1.165) is 21.8 Å². The highest BCUT2D eigenvalue weighted by Crippen LogP contribution is 2.37. The van der Waals surface area contributed by atoms with Gasteiger partial charge in [0.2, 0.25) is 0 Å². The molecule has 2 aromatic carbocycles. The number of para-hydroxylation sites is 1. The normalized spacial score (nSPS) is 11.6. The Morgan fingerprint density at radius 2 is 1.85 bits per heavy atom. The third kappa shape index (κ3) is 1.76. The van der Waals surface area contributed by atoms with Gasteiger partial charge >= 0.3 is 0 Å². The molecule has 0 bridgehead atoms. The van der Waals surface area contributed by atoms with Gasteiger partial charge in [0.25, 0.3) is 5.69 Å². The smallest absolute Gasteiger partial charge is 0.288 e. The average molecular weight is 289 g/mol. The molecule has 0 saturated heterocycles. The second kappa shape index (κ2) is 4.49. The van der Waals surface area contributed by atoms with Crippen molar-refractivity contribution in [1.29, 1.82) is 0 Å². The standard InChI is InChI=1S/C15H13ClN2O2/c1-9(2)17-13-6-4-3-5-10(13)11-7-15(18(19)20)12(16)8-14(11)17/h3-9H,1-2H3. The van der Waals surface area contributed by atoms with E-state index >= 15 is 0 Å². The van der Waals surface area contributed by atoms with Gasteiger partial charge in [-0.2, -0.15) is 0 Å². The Morgan fingerprint density at radius 3 is 2.50 bits per heavy atom. The van der Waals surface area contributed by atoms with Crippen LogP contribution >= 0.6 is 11.6 Å². The number of aromatic nitrogens is 1. The SMILES string of the molecule is CC(C)n1c2ccccc2c2cc([N+](=O)[O-])c(Cl)cc21. The summed E-state index contributed by atoms with van der Waals surface area (Å²) >= 11 is 6.05. The predicted molar refractivity (Wildman–Crippen MR) is 81.5 cm³/mol. The van der Waals surface area contributed by atoms with Crippen molar-refractivity contribution >= 4 is 39.1 Å². The number of fused-ring (bicyclic) bond motifs is 3. The highest BCUT2D eigenvalue weighted by atomic mass is 35.5. The van der Waals surface area contributed by atoms with Gasteiger partial charge in [-0.05, 0) is 26.0 Å². The van der Waals surface area contributed by atoms with E-state index in [1.54, 1.807) is 12.1 Å². The fraction of sp³-hybridized carbons (Fsp3) is 0.200. The van der Waals surface area contributed by atoms with Crippen LogP contribution in [-0.4, -0.2) is 9.49 Å². The van der Waals surface area contributed by atoms with Crippen LogP contribution in [0.5, 0.6) is 0 Å². The largest absolute Gasteiger partial charge is 0.338 e. The first-order valence-corrected chi connectivity index (χ1v) is 6.75. The van der Waals surface area contributed by atoms with Crippen molar-refractivity contribution in [1.82, 2.24) is 4.57 Å². The third-order valence-electron chi connectivity index (χ3n) is 3.49. The van der Waals surface area contributed by atoms with E-state index in [2.05, 4.69) is 18.4 Å². The van der Waals surface area contributed by atoms with Gasteiger partial charge in [0, 0.05) is 28.4 Å². The van der Waals surface area contributed by atoms with Crippen LogP contribution in [0.15, 0.2) is 36.4 Å². The van der Waals surface area contributed by atoms with Crippen molar-refractivity contribution in [3.63, 3.8) is 0 Å². The molecule has 3 aromatic rings. The van der Waals surface area contributed by atoms with Crippen LogP contribution in [-0.2, 0) is 0 Å². The lowest BCUT2D eigenvalue weighted by molar-refractivity contribution is -0.384. The monoisotopic (exact) mass is 288 g/mol. The van der Waals surface area contributed by atoms with E-state index in [1.807, 2.05) is 24.3 Å². The van der Waals surface area contributed by atoms with Crippen LogP contribution in [0.4, 0.5) is 5.69 Å². The summed E-state index contributed by atoms with van der Waals surface area (Å²) < 4.78 is 2.15. The second-order valence-electron chi connectivity index (χ2n) is 5.06. The Kier molecular flexibility index (Phi) is 2.91. The molecule has 0 aliphatic rings. The number of benzene rings is 2. The summed E-state index contributed by atoms with van der Waals surface area (Å²) in [5.74, 6) is 0. The highest BCUT2D eigenvalue weighted by Gasteiger charge is 2.19. The Bertz CT molecular complexity index is 837. The zero-order chi connectivity index (χ0) is 14.4. The summed E-state index contributed by atoms with van der Waals surface area (Å²) in [4.78, 5) is 10.6. The molecule has 0 saturated carbocycles. The summed E-state index contributed by atoms with van der Waals surface area (Å²) in [6.45, 7) is 4.17. The molecule has 5 heteroatoms. The van der Waals surface area contributed by atoms with E-state index in [9.17, 15) is 10.1 Å². The van der Waals surface area contributed by atoms with Crippen LogP contribution in [0.25, 0.3) is 21.8 Å². The summed E-state index contributed by atoms with van der Waals surface area (Å²) in [6, 6.07) is 11.4. The quantitative estimate of drug-likeness (QED) is 0.495. The summed E-state index contributed by atoms with van der Waals surface area (Å²) in [6.07, 6.45) is 0. The molecule has 20 heavy (non-hydrogen) atoms. The van der Waals surface area contributed by atoms with Crippen molar-refractivity contribution in [2.45, 2.75) is 19.9 Å². The fourth-order valence-corrected chi connectivity index (χ4v) is 2.93. The number of rotatable bonds is 2. The van der Waals surface area contributed by atoms with Crippen LogP contribution < -0.4 is 0 Å². The average Bonchev–Trinajstić information content (AvgIpc) is 2.70. The summed E-state index contributed by atoms with van der Waals surface area (Å²) in [7, 11) is 0. The second-order valence-corrected chi connectivity index (χ2v) is 5.47. The lowest BCUT2D eigenvalue weighted by Crippen LogP contribution is -2.00. The minimum Gasteiger partial charge on any atom is -0.338 e. The molecule has 0 unspecified atom stereocenters. The van der Waals surface area contributed by atoms with Crippen molar-refractivity contribution in [3.05, 3.63) is 51.5 Å². The molecule has 3 rings (SSSR count). The van der Waals surface area contributed by atoms with Crippen LogP contribution in [0.3, 0.4) is 0 Å². The van der Waals surface area contributed by atoms with Gasteiger partial charge in [-0.15, -0.1) is 0 Å². The first-order chi connectivity index (χ1) is 9.50. The molecule has 0 N–H and O–H groups in total. The van der Waals surface area contributed by atoms with Crippen LogP contribution in [0.1, 0.15) is 19.9 Å². The predicted octanol–water partition coefficient (Wildman–Crippen LogP) is 4.94. The minimum atomic E-state index is -0.441. The first-order valence-electron chi connectivity index (χ1n) is 6.37. The highest BCUT2D eigenvalue weighted by molar-refractivity contribution is 6.34. The zero-order valence-electron chi connectivity index (χ0n) is 11.1. The van der Waals surface area contributed by atoms with Crippen molar-refractivity contribution in [3.8, 4) is 0 Å². The Hall–Kier alpha value is -2.07. The molecular formula is C15H13ClN2O2. The lowest BCUT2D eigenvalue weighted by atomic mass is 10.1. The molecule has 0 atom stereocenters. The maximum absolute atomic E-state index is 11.1. The molecule has 1 aromatic heterocycles. The van der Waals surface area contributed by atoms with Crippen LogP contribution in [0.2, 0.25) is 5.02 Å². The Morgan fingerprint density at radius 1 is 1.15 bits per heavy atom. The Labute approximate surface area is 120 Å². The number of hydrogen-bond acceptors (Lipinski definition) is 2. The molecule has 102 valence electrons. The zero-order valence-corrected chi connectivity index (χ0v) is 11.9. The van der Waals surface area contributed by atoms with E-state index in [1.165, 1.54) is 0 Å². The molecule has 1 heterocycles. The van der Waals surface area contributed by atoms with Gasteiger partial charge in [-0.3, -0.25) is 10.1 Å². The molecule has 0 aliphatic carbocycles. The number of halogens is 1. The molecule has 0 amide bonds. The van der Waals surface area contributed by atoms with Gasteiger partial charge in [0.15, 0.2) is 0 Å². The van der Waals surface area contributed by atoms with E-state index in [-0.39, 0.29) is 16.8 Å². The topological polar surface area (TPSA) is 48.1 Å². The van der Waals surface area contributed by atoms with Gasteiger partial charge < -0.3 is 4.57 Å². The number of hydrogen-bond donors (Lipinski definition) is 0. The number of nitro groups is 1. The summed E-state index contributed by atoms with van der Waals surface area (Å²) in [5.41, 5.74) is 1.94. The fourth-order valence-electron chi connectivity index (χ4n) is 2.70. The third-order valence-corrected chi connectivity index (χ3v) is 3.79. The Balaban J connectivity index is 2.53.